The number of carbonyl (C=O) groups is 1. The summed E-state index contributed by atoms with van der Waals surface area (Å²) in [4.78, 5) is 18.1. The van der Waals surface area contributed by atoms with Crippen molar-refractivity contribution in [3.8, 4) is 0 Å². The second kappa shape index (κ2) is 5.85. The Balaban J connectivity index is 2.69. The van der Waals surface area contributed by atoms with Gasteiger partial charge in [0.15, 0.2) is 0 Å². The van der Waals surface area contributed by atoms with E-state index >= 15 is 0 Å². The maximum atomic E-state index is 11.4. The van der Waals surface area contributed by atoms with Crippen LogP contribution in [0.2, 0.25) is 0 Å². The van der Waals surface area contributed by atoms with Gasteiger partial charge in [0.05, 0.1) is 11.1 Å². The molecule has 2 aromatic rings. The summed E-state index contributed by atoms with van der Waals surface area (Å²) in [5.74, 6) is 0.248. The predicted octanol–water partition coefficient (Wildman–Crippen LogP) is 2.98. The van der Waals surface area contributed by atoms with E-state index in [1.807, 2.05) is 20.2 Å². The van der Waals surface area contributed by atoms with Crippen LogP contribution < -0.4 is 0 Å². The Kier molecular flexibility index (Phi) is 4.32. The Morgan fingerprint density at radius 3 is 2.52 bits per heavy atom. The maximum absolute atomic E-state index is 11.4. The quantitative estimate of drug-likeness (QED) is 0.919. The molecule has 0 spiro atoms. The second-order valence-electron chi connectivity index (χ2n) is 6.08. The fourth-order valence-corrected chi connectivity index (χ4v) is 2.79. The van der Waals surface area contributed by atoms with Crippen LogP contribution in [-0.2, 0) is 0 Å². The number of rotatable bonds is 5. The van der Waals surface area contributed by atoms with Crippen LogP contribution in [0.1, 0.15) is 48.9 Å². The van der Waals surface area contributed by atoms with Crippen LogP contribution in [0.5, 0.6) is 0 Å². The summed E-state index contributed by atoms with van der Waals surface area (Å²) in [6, 6.07) is 5.58. The molecule has 0 radical (unpaired) electrons. The Morgan fingerprint density at radius 2 is 2.00 bits per heavy atom. The summed E-state index contributed by atoms with van der Waals surface area (Å²) < 4.78 is 2.17. The lowest BCUT2D eigenvalue weighted by atomic mass is 10.1. The van der Waals surface area contributed by atoms with Crippen LogP contribution in [0, 0.1) is 0 Å². The molecule has 1 heterocycles. The minimum absolute atomic E-state index is 0.228. The number of fused-ring (bicyclic) bond motifs is 1. The van der Waals surface area contributed by atoms with Crippen molar-refractivity contribution in [1.29, 1.82) is 0 Å². The van der Waals surface area contributed by atoms with Crippen molar-refractivity contribution < 1.29 is 9.90 Å². The zero-order valence-electron chi connectivity index (χ0n) is 13.3. The van der Waals surface area contributed by atoms with Crippen LogP contribution in [0.3, 0.4) is 0 Å². The highest BCUT2D eigenvalue weighted by atomic mass is 16.4. The van der Waals surface area contributed by atoms with Crippen molar-refractivity contribution in [3.05, 3.63) is 29.6 Å². The molecule has 21 heavy (non-hydrogen) atoms. The molecule has 0 saturated heterocycles. The third kappa shape index (κ3) is 2.93. The Labute approximate surface area is 125 Å². The summed E-state index contributed by atoms with van der Waals surface area (Å²) in [6.45, 7) is 7.18. The van der Waals surface area contributed by atoms with Crippen LogP contribution in [0.4, 0.5) is 0 Å². The highest BCUT2D eigenvalue weighted by Crippen LogP contribution is 2.28. The van der Waals surface area contributed by atoms with E-state index in [0.29, 0.717) is 5.52 Å². The number of hydrogen-bond donors (Lipinski definition) is 1. The number of para-hydroxylation sites is 1. The summed E-state index contributed by atoms with van der Waals surface area (Å²) in [5.41, 5.74) is 1.75. The van der Waals surface area contributed by atoms with E-state index in [2.05, 4.69) is 35.2 Å². The van der Waals surface area contributed by atoms with Crippen molar-refractivity contribution in [2.24, 2.45) is 0 Å². The highest BCUT2D eigenvalue weighted by molar-refractivity contribution is 6.01. The molecular formula is C16H23N3O2. The minimum atomic E-state index is -0.930. The van der Waals surface area contributed by atoms with Crippen molar-refractivity contribution in [2.45, 2.75) is 32.7 Å². The molecule has 0 amide bonds. The normalized spacial score (nSPS) is 13.3. The second-order valence-corrected chi connectivity index (χ2v) is 6.08. The number of hydrogen-bond acceptors (Lipinski definition) is 3. The fourth-order valence-electron chi connectivity index (χ4n) is 2.79. The summed E-state index contributed by atoms with van der Waals surface area (Å²) in [5, 5.41) is 9.35. The van der Waals surface area contributed by atoms with Gasteiger partial charge < -0.3 is 14.6 Å². The van der Waals surface area contributed by atoms with E-state index < -0.39 is 5.97 Å². The van der Waals surface area contributed by atoms with E-state index in [9.17, 15) is 9.90 Å². The number of carboxylic acids is 1. The van der Waals surface area contributed by atoms with E-state index in [1.54, 1.807) is 12.1 Å². The van der Waals surface area contributed by atoms with Crippen molar-refractivity contribution in [1.82, 2.24) is 14.5 Å². The molecule has 5 nitrogen and oxygen atoms in total. The number of carboxylic acid groups (broad SMARTS) is 1. The third-order valence-corrected chi connectivity index (χ3v) is 3.56. The van der Waals surface area contributed by atoms with Gasteiger partial charge in [-0.2, -0.15) is 0 Å². The van der Waals surface area contributed by atoms with Gasteiger partial charge in [-0.25, -0.2) is 9.78 Å². The Bertz CT molecular complexity index is 659. The van der Waals surface area contributed by atoms with Gasteiger partial charge in [0.2, 0.25) is 0 Å². The van der Waals surface area contributed by atoms with Gasteiger partial charge in [-0.1, -0.05) is 19.9 Å². The van der Waals surface area contributed by atoms with Gasteiger partial charge >= 0.3 is 5.97 Å². The molecule has 1 aromatic heterocycles. The number of benzene rings is 1. The molecule has 0 aliphatic heterocycles. The molecule has 1 aromatic carbocycles. The smallest absolute Gasteiger partial charge is 0.337 e. The largest absolute Gasteiger partial charge is 0.478 e. The molecule has 0 bridgehead atoms. The molecule has 0 fully saturated rings. The van der Waals surface area contributed by atoms with Crippen molar-refractivity contribution >= 4 is 17.0 Å². The van der Waals surface area contributed by atoms with Crippen molar-refractivity contribution in [3.63, 3.8) is 0 Å². The SMILES string of the molecule is CC(C)c1nc2c(C(=O)O)cccc2n1C(C)CN(C)C. The summed E-state index contributed by atoms with van der Waals surface area (Å²) in [6.07, 6.45) is 0. The van der Waals surface area contributed by atoms with Gasteiger partial charge in [0, 0.05) is 18.5 Å². The first-order valence-electron chi connectivity index (χ1n) is 7.21. The van der Waals surface area contributed by atoms with E-state index in [1.165, 1.54) is 0 Å². The molecule has 5 heteroatoms. The number of imidazole rings is 1. The molecule has 1 atom stereocenters. The van der Waals surface area contributed by atoms with E-state index in [0.717, 1.165) is 17.9 Å². The summed E-state index contributed by atoms with van der Waals surface area (Å²) in [7, 11) is 4.07. The fraction of sp³-hybridized carbons (Fsp3) is 0.500. The topological polar surface area (TPSA) is 58.4 Å². The average molecular weight is 289 g/mol. The van der Waals surface area contributed by atoms with Crippen LogP contribution in [0.15, 0.2) is 18.2 Å². The van der Waals surface area contributed by atoms with Gasteiger partial charge in [-0.05, 0) is 33.2 Å². The molecular weight excluding hydrogens is 266 g/mol. The number of likely N-dealkylation sites (N-methyl/N-ethyl adjacent to an activating group) is 1. The first kappa shape index (κ1) is 15.5. The minimum Gasteiger partial charge on any atom is -0.478 e. The first-order valence-corrected chi connectivity index (χ1v) is 7.21. The molecule has 0 saturated carbocycles. The zero-order valence-corrected chi connectivity index (χ0v) is 13.3. The average Bonchev–Trinajstić information content (AvgIpc) is 2.76. The molecule has 114 valence electrons. The maximum Gasteiger partial charge on any atom is 0.337 e. The standard InChI is InChI=1S/C16H23N3O2/c1-10(2)15-17-14-12(16(20)21)7-6-8-13(14)19(15)11(3)9-18(4)5/h6-8,10-11H,9H2,1-5H3,(H,20,21). The number of aromatic nitrogens is 2. The van der Waals surface area contributed by atoms with Crippen LogP contribution in [-0.4, -0.2) is 46.2 Å². The van der Waals surface area contributed by atoms with Crippen LogP contribution in [0.25, 0.3) is 11.0 Å². The molecule has 2 rings (SSSR count). The Morgan fingerprint density at radius 1 is 1.33 bits per heavy atom. The van der Waals surface area contributed by atoms with Crippen LogP contribution >= 0.6 is 0 Å². The van der Waals surface area contributed by atoms with Gasteiger partial charge in [0.25, 0.3) is 0 Å². The lowest BCUT2D eigenvalue weighted by molar-refractivity contribution is 0.0699. The monoisotopic (exact) mass is 289 g/mol. The van der Waals surface area contributed by atoms with Gasteiger partial charge in [0.1, 0.15) is 11.3 Å². The van der Waals surface area contributed by atoms with E-state index in [-0.39, 0.29) is 17.5 Å². The predicted molar refractivity (Wildman–Crippen MR) is 84.0 cm³/mol. The third-order valence-electron chi connectivity index (χ3n) is 3.56. The Hall–Kier alpha value is -1.88. The van der Waals surface area contributed by atoms with Gasteiger partial charge in [-0.3, -0.25) is 0 Å². The molecule has 0 aliphatic carbocycles. The van der Waals surface area contributed by atoms with E-state index in [4.69, 9.17) is 0 Å². The molecule has 1 N–H and O–H groups in total. The lowest BCUT2D eigenvalue weighted by Crippen LogP contribution is -2.24. The highest BCUT2D eigenvalue weighted by Gasteiger charge is 2.21. The lowest BCUT2D eigenvalue weighted by Gasteiger charge is -2.22. The molecule has 0 aliphatic rings. The summed E-state index contributed by atoms with van der Waals surface area (Å²) >= 11 is 0. The zero-order chi connectivity index (χ0) is 15.7. The first-order chi connectivity index (χ1) is 9.82. The number of nitrogens with zero attached hydrogens (tertiary/aromatic N) is 3. The van der Waals surface area contributed by atoms with Crippen molar-refractivity contribution in [2.75, 3.05) is 20.6 Å². The van der Waals surface area contributed by atoms with Gasteiger partial charge in [-0.15, -0.1) is 0 Å². The molecule has 1 unspecified atom stereocenters. The number of aromatic carboxylic acids is 1.